The van der Waals surface area contributed by atoms with Crippen LogP contribution in [0.4, 0.5) is 5.69 Å². The Morgan fingerprint density at radius 1 is 1.40 bits per heavy atom. The molecule has 2 aromatic rings. The zero-order valence-electron chi connectivity index (χ0n) is 14.5. The third-order valence-electron chi connectivity index (χ3n) is 5.09. The van der Waals surface area contributed by atoms with Crippen molar-refractivity contribution in [1.29, 1.82) is 0 Å². The quantitative estimate of drug-likeness (QED) is 0.925. The number of benzene rings is 1. The molecule has 2 aliphatic rings. The number of nitrogens with one attached hydrogen (secondary N) is 1. The van der Waals surface area contributed by atoms with Gasteiger partial charge in [-0.1, -0.05) is 12.1 Å². The SMILES string of the molecule is Cc1c(N2Cc3cccc(OCC4CCCOC4)c3C2)cn[nH]c1=O. The van der Waals surface area contributed by atoms with Gasteiger partial charge in [-0.3, -0.25) is 4.79 Å². The molecular formula is C19H23N3O3. The Bertz CT molecular complexity index is 812. The molecule has 1 fully saturated rings. The van der Waals surface area contributed by atoms with Crippen LogP contribution >= 0.6 is 0 Å². The molecule has 0 spiro atoms. The Morgan fingerprint density at radius 3 is 3.16 bits per heavy atom. The molecule has 3 heterocycles. The van der Waals surface area contributed by atoms with Gasteiger partial charge in [0.05, 0.1) is 25.1 Å². The summed E-state index contributed by atoms with van der Waals surface area (Å²) in [6, 6.07) is 6.20. The number of hydrogen-bond donors (Lipinski definition) is 1. The van der Waals surface area contributed by atoms with Crippen molar-refractivity contribution < 1.29 is 9.47 Å². The lowest BCUT2D eigenvalue weighted by Gasteiger charge is -2.23. The molecule has 132 valence electrons. The summed E-state index contributed by atoms with van der Waals surface area (Å²) in [6.45, 7) is 5.69. The van der Waals surface area contributed by atoms with Crippen LogP contribution < -0.4 is 15.2 Å². The largest absolute Gasteiger partial charge is 0.493 e. The molecule has 2 aliphatic heterocycles. The Morgan fingerprint density at radius 2 is 2.32 bits per heavy atom. The van der Waals surface area contributed by atoms with E-state index in [-0.39, 0.29) is 5.56 Å². The van der Waals surface area contributed by atoms with Crippen molar-refractivity contribution in [3.8, 4) is 5.75 Å². The van der Waals surface area contributed by atoms with Gasteiger partial charge in [0.25, 0.3) is 5.56 Å². The van der Waals surface area contributed by atoms with E-state index in [1.807, 2.05) is 19.1 Å². The lowest BCUT2D eigenvalue weighted by molar-refractivity contribution is 0.0350. The highest BCUT2D eigenvalue weighted by Crippen LogP contribution is 2.34. The van der Waals surface area contributed by atoms with Crippen molar-refractivity contribution in [2.45, 2.75) is 32.9 Å². The molecule has 25 heavy (non-hydrogen) atoms. The fourth-order valence-electron chi connectivity index (χ4n) is 3.61. The molecule has 0 aliphatic carbocycles. The molecule has 1 saturated heterocycles. The van der Waals surface area contributed by atoms with Crippen molar-refractivity contribution in [2.24, 2.45) is 5.92 Å². The Labute approximate surface area is 146 Å². The number of aromatic amines is 1. The van der Waals surface area contributed by atoms with Gasteiger partial charge in [0.2, 0.25) is 0 Å². The smallest absolute Gasteiger partial charge is 0.269 e. The normalized spacial score (nSPS) is 19.7. The van der Waals surface area contributed by atoms with E-state index in [0.717, 1.165) is 44.2 Å². The minimum Gasteiger partial charge on any atom is -0.493 e. The number of aromatic nitrogens is 2. The summed E-state index contributed by atoms with van der Waals surface area (Å²) in [5.41, 5.74) is 3.90. The van der Waals surface area contributed by atoms with Crippen LogP contribution in [0.1, 0.15) is 29.5 Å². The summed E-state index contributed by atoms with van der Waals surface area (Å²) in [4.78, 5) is 14.0. The zero-order chi connectivity index (χ0) is 17.2. The Hall–Kier alpha value is -2.34. The van der Waals surface area contributed by atoms with Crippen molar-refractivity contribution in [3.63, 3.8) is 0 Å². The number of rotatable bonds is 4. The molecule has 1 aromatic carbocycles. The van der Waals surface area contributed by atoms with Crippen LogP contribution in [0.3, 0.4) is 0 Å². The fraction of sp³-hybridized carbons (Fsp3) is 0.474. The minimum atomic E-state index is -0.137. The van der Waals surface area contributed by atoms with Gasteiger partial charge in [0, 0.05) is 36.7 Å². The van der Waals surface area contributed by atoms with Gasteiger partial charge in [-0.05, 0) is 31.4 Å². The van der Waals surface area contributed by atoms with Crippen LogP contribution in [0.2, 0.25) is 0 Å². The molecule has 4 rings (SSSR count). The van der Waals surface area contributed by atoms with Crippen LogP contribution in [0, 0.1) is 12.8 Å². The molecule has 6 heteroatoms. The average Bonchev–Trinajstić information content (AvgIpc) is 3.07. The summed E-state index contributed by atoms with van der Waals surface area (Å²) in [6.07, 6.45) is 4.00. The summed E-state index contributed by atoms with van der Waals surface area (Å²) < 4.78 is 11.7. The second kappa shape index (κ2) is 6.88. The van der Waals surface area contributed by atoms with E-state index in [1.54, 1.807) is 6.20 Å². The maximum absolute atomic E-state index is 11.8. The predicted octanol–water partition coefficient (Wildman–Crippen LogP) is 2.40. The van der Waals surface area contributed by atoms with Gasteiger partial charge >= 0.3 is 0 Å². The molecule has 1 atom stereocenters. The van der Waals surface area contributed by atoms with Crippen LogP contribution in [0.15, 0.2) is 29.2 Å². The molecule has 0 bridgehead atoms. The summed E-state index contributed by atoms with van der Waals surface area (Å²) in [5.74, 6) is 1.42. The maximum atomic E-state index is 11.8. The van der Waals surface area contributed by atoms with Crippen molar-refractivity contribution in [2.75, 3.05) is 24.7 Å². The minimum absolute atomic E-state index is 0.137. The van der Waals surface area contributed by atoms with Crippen molar-refractivity contribution >= 4 is 5.69 Å². The first kappa shape index (κ1) is 16.1. The first-order valence-corrected chi connectivity index (χ1v) is 8.83. The van der Waals surface area contributed by atoms with E-state index < -0.39 is 0 Å². The van der Waals surface area contributed by atoms with Crippen molar-refractivity contribution in [3.05, 3.63) is 51.4 Å². The highest BCUT2D eigenvalue weighted by atomic mass is 16.5. The standard InChI is InChI=1S/C19H23N3O3/c1-13-17(8-20-21-19(13)23)22-9-15-5-2-6-18(16(15)10-22)25-12-14-4-3-7-24-11-14/h2,5-6,8,14H,3-4,7,9-12H2,1H3,(H,21,23). The van der Waals surface area contributed by atoms with Gasteiger partial charge in [-0.25, -0.2) is 5.10 Å². The first-order valence-electron chi connectivity index (χ1n) is 8.83. The van der Waals surface area contributed by atoms with Crippen molar-refractivity contribution in [1.82, 2.24) is 10.2 Å². The molecule has 0 saturated carbocycles. The lowest BCUT2D eigenvalue weighted by atomic mass is 10.0. The van der Waals surface area contributed by atoms with E-state index in [9.17, 15) is 4.79 Å². The highest BCUT2D eigenvalue weighted by Gasteiger charge is 2.25. The van der Waals surface area contributed by atoms with E-state index in [2.05, 4.69) is 21.2 Å². The second-order valence-corrected chi connectivity index (χ2v) is 6.85. The number of fused-ring (bicyclic) bond motifs is 1. The molecule has 0 amide bonds. The van der Waals surface area contributed by atoms with Crippen LogP contribution in [0.25, 0.3) is 0 Å². The number of H-pyrrole nitrogens is 1. The average molecular weight is 341 g/mol. The number of nitrogens with zero attached hydrogens (tertiary/aromatic N) is 2. The summed E-state index contributed by atoms with van der Waals surface area (Å²) in [5, 5.41) is 6.43. The van der Waals surface area contributed by atoms with Gasteiger partial charge < -0.3 is 14.4 Å². The van der Waals surface area contributed by atoms with Gasteiger partial charge in [-0.2, -0.15) is 5.10 Å². The number of hydrogen-bond acceptors (Lipinski definition) is 5. The Kier molecular flexibility index (Phi) is 4.44. The molecule has 1 N–H and O–H groups in total. The second-order valence-electron chi connectivity index (χ2n) is 6.85. The van der Waals surface area contributed by atoms with E-state index >= 15 is 0 Å². The number of ether oxygens (including phenoxy) is 2. The van der Waals surface area contributed by atoms with Crippen LogP contribution in [0.5, 0.6) is 5.75 Å². The number of anilines is 1. The van der Waals surface area contributed by atoms with E-state index in [4.69, 9.17) is 9.47 Å². The third-order valence-corrected chi connectivity index (χ3v) is 5.09. The molecule has 6 nitrogen and oxygen atoms in total. The predicted molar refractivity (Wildman–Crippen MR) is 95.0 cm³/mol. The highest BCUT2D eigenvalue weighted by molar-refractivity contribution is 5.57. The van der Waals surface area contributed by atoms with Gasteiger partial charge in [0.15, 0.2) is 0 Å². The molecule has 1 aromatic heterocycles. The zero-order valence-corrected chi connectivity index (χ0v) is 14.5. The monoisotopic (exact) mass is 341 g/mol. The molecule has 0 radical (unpaired) electrons. The fourth-order valence-corrected chi connectivity index (χ4v) is 3.61. The topological polar surface area (TPSA) is 67.5 Å². The van der Waals surface area contributed by atoms with Gasteiger partial charge in [-0.15, -0.1) is 0 Å². The van der Waals surface area contributed by atoms with Crippen LogP contribution in [-0.4, -0.2) is 30.0 Å². The van der Waals surface area contributed by atoms with Crippen LogP contribution in [-0.2, 0) is 17.8 Å². The Balaban J connectivity index is 1.51. The summed E-state index contributed by atoms with van der Waals surface area (Å²) in [7, 11) is 0. The molecular weight excluding hydrogens is 318 g/mol. The van der Waals surface area contributed by atoms with E-state index in [1.165, 1.54) is 17.5 Å². The first-order chi connectivity index (χ1) is 12.2. The van der Waals surface area contributed by atoms with Gasteiger partial charge in [0.1, 0.15) is 5.75 Å². The maximum Gasteiger partial charge on any atom is 0.269 e. The third kappa shape index (κ3) is 3.26. The van der Waals surface area contributed by atoms with E-state index in [0.29, 0.717) is 18.1 Å². The summed E-state index contributed by atoms with van der Waals surface area (Å²) >= 11 is 0. The molecule has 1 unspecified atom stereocenters. The lowest BCUT2D eigenvalue weighted by Crippen LogP contribution is -2.23.